The number of hydrogen-bond acceptors (Lipinski definition) is 5. The van der Waals surface area contributed by atoms with Crippen LogP contribution in [0.25, 0.3) is 10.8 Å². The van der Waals surface area contributed by atoms with Crippen molar-refractivity contribution in [2.75, 3.05) is 11.9 Å². The summed E-state index contributed by atoms with van der Waals surface area (Å²) in [6.45, 7) is 3.18. The summed E-state index contributed by atoms with van der Waals surface area (Å²) < 4.78 is 5.51. The highest BCUT2D eigenvalue weighted by Crippen LogP contribution is 2.29. The zero-order valence-corrected chi connectivity index (χ0v) is 15.4. The van der Waals surface area contributed by atoms with Gasteiger partial charge in [0, 0.05) is 6.07 Å². The minimum Gasteiger partial charge on any atom is -0.483 e. The first kappa shape index (κ1) is 19.0. The van der Waals surface area contributed by atoms with Crippen LogP contribution in [0.5, 0.6) is 5.75 Å². The third-order valence-corrected chi connectivity index (χ3v) is 4.49. The second-order valence-electron chi connectivity index (χ2n) is 6.36. The number of rotatable bonds is 6. The first-order chi connectivity index (χ1) is 13.4. The number of fused-ring (bicyclic) bond motifs is 1. The van der Waals surface area contributed by atoms with Crippen LogP contribution < -0.4 is 10.1 Å². The Balaban J connectivity index is 1.79. The van der Waals surface area contributed by atoms with Crippen molar-refractivity contribution >= 4 is 34.3 Å². The van der Waals surface area contributed by atoms with E-state index in [1.54, 1.807) is 38.1 Å². The maximum absolute atomic E-state index is 12.3. The predicted molar refractivity (Wildman–Crippen MR) is 106 cm³/mol. The molecule has 0 bridgehead atoms. The molecule has 1 amide bonds. The maximum Gasteiger partial charge on any atom is 0.293 e. The number of ether oxygens (including phenoxy) is 1. The summed E-state index contributed by atoms with van der Waals surface area (Å²) in [7, 11) is 0. The van der Waals surface area contributed by atoms with Crippen molar-refractivity contribution in [3.63, 3.8) is 0 Å². The molecular formula is C21H18N2O5. The van der Waals surface area contributed by atoms with E-state index in [1.807, 2.05) is 18.2 Å². The van der Waals surface area contributed by atoms with E-state index in [0.29, 0.717) is 11.8 Å². The lowest BCUT2D eigenvalue weighted by atomic mass is 10.0. The number of hydrogen-bond donors (Lipinski definition) is 1. The standard InChI is InChI=1S/C21H18N2O5/c1-13-9-18(19(23(26)27)10-14(13)2)22-21(25)12-28-20-8-7-15-5-3-4-6-16(15)17(20)11-24/h3-11H,12H2,1-2H3,(H,22,25). The summed E-state index contributed by atoms with van der Waals surface area (Å²) in [4.78, 5) is 34.5. The maximum atomic E-state index is 12.3. The molecule has 0 radical (unpaired) electrons. The number of nitrogens with zero attached hydrogens (tertiary/aromatic N) is 1. The van der Waals surface area contributed by atoms with E-state index in [9.17, 15) is 19.7 Å². The van der Waals surface area contributed by atoms with E-state index < -0.39 is 10.8 Å². The second-order valence-corrected chi connectivity index (χ2v) is 6.36. The topological polar surface area (TPSA) is 98.5 Å². The van der Waals surface area contributed by atoms with Crippen molar-refractivity contribution in [1.29, 1.82) is 0 Å². The summed E-state index contributed by atoms with van der Waals surface area (Å²) in [5.41, 5.74) is 1.85. The Morgan fingerprint density at radius 1 is 1.14 bits per heavy atom. The number of nitro groups is 1. The molecule has 3 aromatic carbocycles. The lowest BCUT2D eigenvalue weighted by Gasteiger charge is -2.12. The number of benzene rings is 3. The monoisotopic (exact) mass is 378 g/mol. The number of carbonyl (C=O) groups excluding carboxylic acids is 2. The highest BCUT2D eigenvalue weighted by molar-refractivity contribution is 6.01. The molecule has 0 saturated heterocycles. The average Bonchev–Trinajstić information content (AvgIpc) is 2.68. The smallest absolute Gasteiger partial charge is 0.293 e. The normalized spacial score (nSPS) is 10.5. The Morgan fingerprint density at radius 3 is 2.57 bits per heavy atom. The number of carbonyl (C=O) groups is 2. The fourth-order valence-electron chi connectivity index (χ4n) is 2.90. The van der Waals surface area contributed by atoms with Gasteiger partial charge in [0.15, 0.2) is 12.9 Å². The van der Waals surface area contributed by atoms with Crippen LogP contribution in [0.4, 0.5) is 11.4 Å². The molecule has 7 nitrogen and oxygen atoms in total. The molecule has 0 atom stereocenters. The van der Waals surface area contributed by atoms with E-state index in [1.165, 1.54) is 6.07 Å². The Morgan fingerprint density at radius 2 is 1.86 bits per heavy atom. The molecule has 0 fully saturated rings. The number of aldehydes is 1. The minimum atomic E-state index is -0.559. The van der Waals surface area contributed by atoms with Crippen molar-refractivity contribution in [2.45, 2.75) is 13.8 Å². The fraction of sp³-hybridized carbons (Fsp3) is 0.143. The Hall–Kier alpha value is -3.74. The first-order valence-corrected chi connectivity index (χ1v) is 8.56. The molecule has 0 unspecified atom stereocenters. The summed E-state index contributed by atoms with van der Waals surface area (Å²) in [6.07, 6.45) is 0.684. The Labute approximate surface area is 161 Å². The Bertz CT molecular complexity index is 1090. The molecule has 28 heavy (non-hydrogen) atoms. The van der Waals surface area contributed by atoms with Crippen molar-refractivity contribution < 1.29 is 19.2 Å². The van der Waals surface area contributed by atoms with Gasteiger partial charge in [-0.15, -0.1) is 0 Å². The molecule has 0 aliphatic carbocycles. The largest absolute Gasteiger partial charge is 0.483 e. The molecule has 0 aliphatic rings. The van der Waals surface area contributed by atoms with Gasteiger partial charge in [0.1, 0.15) is 11.4 Å². The van der Waals surface area contributed by atoms with Gasteiger partial charge in [-0.1, -0.05) is 30.3 Å². The number of anilines is 1. The van der Waals surface area contributed by atoms with Crippen LogP contribution in [0.15, 0.2) is 48.5 Å². The van der Waals surface area contributed by atoms with Crippen LogP contribution in [0.2, 0.25) is 0 Å². The van der Waals surface area contributed by atoms with Gasteiger partial charge in [0.25, 0.3) is 11.6 Å². The first-order valence-electron chi connectivity index (χ1n) is 8.56. The molecule has 7 heteroatoms. The Kier molecular flexibility index (Phi) is 5.35. The van der Waals surface area contributed by atoms with Crippen LogP contribution in [0, 0.1) is 24.0 Å². The van der Waals surface area contributed by atoms with Gasteiger partial charge < -0.3 is 10.1 Å². The van der Waals surface area contributed by atoms with Gasteiger partial charge in [0.2, 0.25) is 0 Å². The van der Waals surface area contributed by atoms with Gasteiger partial charge in [0.05, 0.1) is 10.5 Å². The molecule has 1 N–H and O–H groups in total. The summed E-state index contributed by atoms with van der Waals surface area (Å²) in [5.74, 6) is -0.283. The van der Waals surface area contributed by atoms with Gasteiger partial charge in [-0.05, 0) is 47.9 Å². The summed E-state index contributed by atoms with van der Waals surface area (Å²) in [6, 6.07) is 13.7. The number of nitro benzene ring substituents is 1. The third-order valence-electron chi connectivity index (χ3n) is 4.49. The van der Waals surface area contributed by atoms with E-state index in [2.05, 4.69) is 5.32 Å². The third kappa shape index (κ3) is 3.83. The molecule has 0 aliphatic heterocycles. The molecule has 0 spiro atoms. The van der Waals surface area contributed by atoms with Gasteiger partial charge >= 0.3 is 0 Å². The molecular weight excluding hydrogens is 360 g/mol. The van der Waals surface area contributed by atoms with Crippen LogP contribution >= 0.6 is 0 Å². The highest BCUT2D eigenvalue weighted by Gasteiger charge is 2.18. The summed E-state index contributed by atoms with van der Waals surface area (Å²) in [5, 5.41) is 15.4. The SMILES string of the molecule is Cc1cc(NC(=O)COc2ccc3ccccc3c2C=O)c([N+](=O)[O-])cc1C. The average molecular weight is 378 g/mol. The van der Waals surface area contributed by atoms with E-state index in [-0.39, 0.29) is 23.7 Å². The molecule has 0 aromatic heterocycles. The van der Waals surface area contributed by atoms with E-state index in [0.717, 1.165) is 21.9 Å². The molecule has 0 heterocycles. The predicted octanol–water partition coefficient (Wildman–Crippen LogP) is 4.19. The van der Waals surface area contributed by atoms with E-state index >= 15 is 0 Å². The van der Waals surface area contributed by atoms with Crippen molar-refractivity contribution in [3.8, 4) is 5.75 Å². The summed E-state index contributed by atoms with van der Waals surface area (Å²) >= 11 is 0. The van der Waals surface area contributed by atoms with Crippen LogP contribution in [-0.4, -0.2) is 23.7 Å². The van der Waals surface area contributed by atoms with Gasteiger partial charge in [-0.3, -0.25) is 19.7 Å². The van der Waals surface area contributed by atoms with Crippen LogP contribution in [0.1, 0.15) is 21.5 Å². The molecule has 3 aromatic rings. The number of amides is 1. The van der Waals surface area contributed by atoms with Gasteiger partial charge in [-0.25, -0.2) is 0 Å². The molecule has 142 valence electrons. The van der Waals surface area contributed by atoms with Crippen molar-refractivity contribution in [3.05, 3.63) is 75.3 Å². The lowest BCUT2D eigenvalue weighted by molar-refractivity contribution is -0.384. The molecule has 0 saturated carbocycles. The van der Waals surface area contributed by atoms with Crippen LogP contribution in [0.3, 0.4) is 0 Å². The van der Waals surface area contributed by atoms with Crippen LogP contribution in [-0.2, 0) is 4.79 Å². The number of aryl methyl sites for hydroxylation is 2. The molecule has 3 rings (SSSR count). The van der Waals surface area contributed by atoms with Crippen molar-refractivity contribution in [2.24, 2.45) is 0 Å². The zero-order valence-electron chi connectivity index (χ0n) is 15.4. The van der Waals surface area contributed by atoms with Crippen molar-refractivity contribution in [1.82, 2.24) is 0 Å². The van der Waals surface area contributed by atoms with E-state index in [4.69, 9.17) is 4.74 Å². The fourth-order valence-corrected chi connectivity index (χ4v) is 2.90. The lowest BCUT2D eigenvalue weighted by Crippen LogP contribution is -2.21. The minimum absolute atomic E-state index is 0.107. The quantitative estimate of drug-likeness (QED) is 0.394. The number of nitrogens with one attached hydrogen (secondary N) is 1. The zero-order chi connectivity index (χ0) is 20.3. The van der Waals surface area contributed by atoms with Gasteiger partial charge in [-0.2, -0.15) is 0 Å². The second kappa shape index (κ2) is 7.87. The highest BCUT2D eigenvalue weighted by atomic mass is 16.6.